The molecule has 2 heterocycles. The standard InChI is InChI=1S/C18H21Cl2N3O3S/c1-3-22(27(2,25)26)12-17(24)23-10-9-21-8-4-5-16(21)18(23)13-6-7-14(19)15(20)11-13/h4-8,11,18H,3,9-10,12H2,1-2H3. The maximum atomic E-state index is 13.0. The molecule has 1 aliphatic rings. The van der Waals surface area contributed by atoms with Crippen molar-refractivity contribution in [3.63, 3.8) is 0 Å². The lowest BCUT2D eigenvalue weighted by atomic mass is 10.00. The molecule has 0 fully saturated rings. The molecule has 0 aliphatic carbocycles. The van der Waals surface area contributed by atoms with Gasteiger partial charge in [-0.15, -0.1) is 0 Å². The third-order valence-electron chi connectivity index (χ3n) is 4.75. The van der Waals surface area contributed by atoms with E-state index in [0.717, 1.165) is 17.5 Å². The number of aromatic nitrogens is 1. The molecule has 1 atom stereocenters. The maximum Gasteiger partial charge on any atom is 0.238 e. The van der Waals surface area contributed by atoms with Gasteiger partial charge in [0.25, 0.3) is 0 Å². The first-order valence-corrected chi connectivity index (χ1v) is 11.2. The molecule has 2 aromatic rings. The third kappa shape index (κ3) is 4.16. The number of likely N-dealkylation sites (N-methyl/N-ethyl adjacent to an activating group) is 1. The van der Waals surface area contributed by atoms with Gasteiger partial charge in [-0.25, -0.2) is 8.42 Å². The van der Waals surface area contributed by atoms with Crippen molar-refractivity contribution in [1.29, 1.82) is 0 Å². The molecule has 0 saturated carbocycles. The molecule has 1 unspecified atom stereocenters. The smallest absolute Gasteiger partial charge is 0.238 e. The monoisotopic (exact) mass is 429 g/mol. The van der Waals surface area contributed by atoms with Crippen LogP contribution in [0.4, 0.5) is 0 Å². The summed E-state index contributed by atoms with van der Waals surface area (Å²) >= 11 is 12.2. The Hall–Kier alpha value is -1.54. The van der Waals surface area contributed by atoms with Crippen LogP contribution in [0.25, 0.3) is 0 Å². The molecule has 0 N–H and O–H groups in total. The van der Waals surface area contributed by atoms with Gasteiger partial charge in [-0.1, -0.05) is 36.2 Å². The highest BCUT2D eigenvalue weighted by Gasteiger charge is 2.33. The minimum absolute atomic E-state index is 0.187. The molecule has 0 spiro atoms. The Morgan fingerprint density at radius 3 is 2.59 bits per heavy atom. The van der Waals surface area contributed by atoms with E-state index in [4.69, 9.17) is 23.2 Å². The van der Waals surface area contributed by atoms with E-state index in [9.17, 15) is 13.2 Å². The lowest BCUT2D eigenvalue weighted by molar-refractivity contribution is -0.134. The summed E-state index contributed by atoms with van der Waals surface area (Å²) in [6.07, 6.45) is 3.08. The van der Waals surface area contributed by atoms with Gasteiger partial charge in [-0.2, -0.15) is 4.31 Å². The second-order valence-electron chi connectivity index (χ2n) is 6.48. The molecule has 0 saturated heterocycles. The average Bonchev–Trinajstić information content (AvgIpc) is 3.08. The third-order valence-corrected chi connectivity index (χ3v) is 6.82. The van der Waals surface area contributed by atoms with Crippen molar-refractivity contribution in [3.8, 4) is 0 Å². The predicted octanol–water partition coefficient (Wildman–Crippen LogP) is 3.01. The first-order valence-electron chi connectivity index (χ1n) is 8.57. The number of halogens is 2. The van der Waals surface area contributed by atoms with Crippen molar-refractivity contribution in [2.24, 2.45) is 0 Å². The van der Waals surface area contributed by atoms with E-state index in [1.165, 1.54) is 4.31 Å². The Morgan fingerprint density at radius 1 is 1.22 bits per heavy atom. The van der Waals surface area contributed by atoms with Crippen LogP contribution in [0.5, 0.6) is 0 Å². The highest BCUT2D eigenvalue weighted by Crippen LogP contribution is 2.35. The van der Waals surface area contributed by atoms with Crippen molar-refractivity contribution >= 4 is 39.1 Å². The SMILES string of the molecule is CCN(CC(=O)N1CCn2cccc2C1c1ccc(Cl)c(Cl)c1)S(C)(=O)=O. The summed E-state index contributed by atoms with van der Waals surface area (Å²) in [5.74, 6) is -0.245. The number of fused-ring (bicyclic) bond motifs is 1. The molecule has 0 radical (unpaired) electrons. The molecule has 1 amide bonds. The first kappa shape index (κ1) is 20.2. The van der Waals surface area contributed by atoms with Gasteiger partial charge in [0.2, 0.25) is 15.9 Å². The van der Waals surface area contributed by atoms with Gasteiger partial charge in [0.15, 0.2) is 0 Å². The zero-order chi connectivity index (χ0) is 19.8. The fourth-order valence-electron chi connectivity index (χ4n) is 3.39. The molecule has 1 aliphatic heterocycles. The fraction of sp³-hybridized carbons (Fsp3) is 0.389. The van der Waals surface area contributed by atoms with E-state index >= 15 is 0 Å². The number of hydrogen-bond donors (Lipinski definition) is 0. The predicted molar refractivity (Wildman–Crippen MR) is 107 cm³/mol. The van der Waals surface area contributed by atoms with Crippen molar-refractivity contribution in [1.82, 2.24) is 13.8 Å². The van der Waals surface area contributed by atoms with Gasteiger partial charge in [0.1, 0.15) is 0 Å². The minimum atomic E-state index is -3.45. The van der Waals surface area contributed by atoms with Gasteiger partial charge in [-0.05, 0) is 29.8 Å². The summed E-state index contributed by atoms with van der Waals surface area (Å²) in [7, 11) is -3.45. The molecule has 9 heteroatoms. The zero-order valence-corrected chi connectivity index (χ0v) is 17.4. The van der Waals surface area contributed by atoms with Crippen LogP contribution in [0, 0.1) is 0 Å². The highest BCUT2D eigenvalue weighted by molar-refractivity contribution is 7.88. The topological polar surface area (TPSA) is 62.6 Å². The molecule has 1 aromatic heterocycles. The summed E-state index contributed by atoms with van der Waals surface area (Å²) in [5.41, 5.74) is 1.79. The summed E-state index contributed by atoms with van der Waals surface area (Å²) in [6.45, 7) is 2.90. The Balaban J connectivity index is 1.98. The second-order valence-corrected chi connectivity index (χ2v) is 9.28. The number of carbonyl (C=O) groups is 1. The van der Waals surface area contributed by atoms with E-state index in [-0.39, 0.29) is 25.0 Å². The van der Waals surface area contributed by atoms with Crippen molar-refractivity contribution in [3.05, 3.63) is 57.8 Å². The van der Waals surface area contributed by atoms with Gasteiger partial charge in [-0.3, -0.25) is 4.79 Å². The van der Waals surface area contributed by atoms with Crippen LogP contribution in [0.2, 0.25) is 10.0 Å². The molecule has 146 valence electrons. The van der Waals surface area contributed by atoms with Gasteiger partial charge in [0, 0.05) is 31.5 Å². The van der Waals surface area contributed by atoms with E-state index in [2.05, 4.69) is 4.57 Å². The number of amides is 1. The molecule has 6 nitrogen and oxygen atoms in total. The van der Waals surface area contributed by atoms with Crippen molar-refractivity contribution in [2.45, 2.75) is 19.5 Å². The molecular weight excluding hydrogens is 409 g/mol. The van der Waals surface area contributed by atoms with Crippen LogP contribution in [-0.2, 0) is 21.4 Å². The number of benzene rings is 1. The van der Waals surface area contributed by atoms with Gasteiger partial charge in [0.05, 0.1) is 28.9 Å². The molecular formula is C18H21Cl2N3O3S. The van der Waals surface area contributed by atoms with Crippen LogP contribution in [0.1, 0.15) is 24.2 Å². The molecule has 3 rings (SSSR count). The summed E-state index contributed by atoms with van der Waals surface area (Å²) in [4.78, 5) is 14.7. The summed E-state index contributed by atoms with van der Waals surface area (Å²) in [5, 5.41) is 0.857. The maximum absolute atomic E-state index is 13.0. The molecule has 27 heavy (non-hydrogen) atoms. The van der Waals surface area contributed by atoms with Gasteiger partial charge >= 0.3 is 0 Å². The van der Waals surface area contributed by atoms with Crippen molar-refractivity contribution < 1.29 is 13.2 Å². The summed E-state index contributed by atoms with van der Waals surface area (Å²) in [6, 6.07) is 8.85. The van der Waals surface area contributed by atoms with Crippen molar-refractivity contribution in [2.75, 3.05) is 25.9 Å². The Kier molecular flexibility index (Phi) is 5.86. The Morgan fingerprint density at radius 2 is 1.96 bits per heavy atom. The normalized spacial score (nSPS) is 17.2. The minimum Gasteiger partial charge on any atom is -0.348 e. The molecule has 1 aromatic carbocycles. The molecule has 0 bridgehead atoms. The van der Waals surface area contributed by atoms with Crippen LogP contribution >= 0.6 is 23.2 Å². The fourth-order valence-corrected chi connectivity index (χ4v) is 4.51. The van der Waals surface area contributed by atoms with Crippen LogP contribution < -0.4 is 0 Å². The van der Waals surface area contributed by atoms with Crippen LogP contribution in [-0.4, -0.2) is 54.0 Å². The number of nitrogens with zero attached hydrogens (tertiary/aromatic N) is 3. The van der Waals surface area contributed by atoms with Crippen LogP contribution in [0.3, 0.4) is 0 Å². The van der Waals surface area contributed by atoms with E-state index < -0.39 is 10.0 Å². The Bertz CT molecular complexity index is 959. The number of hydrogen-bond acceptors (Lipinski definition) is 3. The quantitative estimate of drug-likeness (QED) is 0.733. The number of rotatable bonds is 5. The Labute approximate surface area is 169 Å². The second kappa shape index (κ2) is 7.83. The van der Waals surface area contributed by atoms with E-state index in [0.29, 0.717) is 23.1 Å². The first-order chi connectivity index (χ1) is 12.7. The lowest BCUT2D eigenvalue weighted by Crippen LogP contribution is -2.47. The van der Waals surface area contributed by atoms with Crippen LogP contribution in [0.15, 0.2) is 36.5 Å². The zero-order valence-electron chi connectivity index (χ0n) is 15.1. The lowest BCUT2D eigenvalue weighted by Gasteiger charge is -2.38. The van der Waals surface area contributed by atoms with E-state index in [1.807, 2.05) is 24.4 Å². The number of carbonyl (C=O) groups excluding carboxylic acids is 1. The number of sulfonamides is 1. The van der Waals surface area contributed by atoms with Gasteiger partial charge < -0.3 is 9.47 Å². The summed E-state index contributed by atoms with van der Waals surface area (Å²) < 4.78 is 27.0. The highest BCUT2D eigenvalue weighted by atomic mass is 35.5. The van der Waals surface area contributed by atoms with E-state index in [1.54, 1.807) is 24.0 Å². The average molecular weight is 430 g/mol. The largest absolute Gasteiger partial charge is 0.348 e.